The number of piperidine rings is 1. The standard InChI is InChI=1S/C19H27N3O2/c20-19(24)18(16-6-2-1-3-7-16)22-12-8-15(9-13-22)14-17(23)21-10-4-5-11-21/h1-3,6-7,15,18H,4-5,8-14H2,(H2,20,24)/t18-/m1/s1. The van der Waals surface area contributed by atoms with Gasteiger partial charge in [0, 0.05) is 19.5 Å². The number of carbonyl (C=O) groups excluding carboxylic acids is 2. The number of likely N-dealkylation sites (tertiary alicyclic amines) is 2. The summed E-state index contributed by atoms with van der Waals surface area (Å²) in [6.45, 7) is 3.49. The van der Waals surface area contributed by atoms with Gasteiger partial charge in [0.2, 0.25) is 11.8 Å². The SMILES string of the molecule is NC(=O)[C@@H](c1ccccc1)N1CCC(CC(=O)N2CCCC2)CC1. The molecule has 1 aromatic carbocycles. The molecule has 0 unspecified atom stereocenters. The second-order valence-electron chi connectivity index (χ2n) is 6.99. The third kappa shape index (κ3) is 3.96. The Morgan fingerprint density at radius 3 is 2.25 bits per heavy atom. The van der Waals surface area contributed by atoms with Gasteiger partial charge in [0.25, 0.3) is 0 Å². The summed E-state index contributed by atoms with van der Waals surface area (Å²) in [4.78, 5) is 28.4. The minimum Gasteiger partial charge on any atom is -0.368 e. The number of rotatable bonds is 5. The van der Waals surface area contributed by atoms with Crippen LogP contribution in [0.4, 0.5) is 0 Å². The van der Waals surface area contributed by atoms with Crippen molar-refractivity contribution in [2.24, 2.45) is 11.7 Å². The van der Waals surface area contributed by atoms with E-state index in [9.17, 15) is 9.59 Å². The maximum absolute atomic E-state index is 12.3. The lowest BCUT2D eigenvalue weighted by Crippen LogP contribution is -2.43. The lowest BCUT2D eigenvalue weighted by Gasteiger charge is -2.36. The number of nitrogens with two attached hydrogens (primary N) is 1. The Labute approximate surface area is 143 Å². The van der Waals surface area contributed by atoms with E-state index in [1.165, 1.54) is 0 Å². The van der Waals surface area contributed by atoms with Gasteiger partial charge in [-0.05, 0) is 50.3 Å². The highest BCUT2D eigenvalue weighted by Gasteiger charge is 2.31. The molecular weight excluding hydrogens is 302 g/mol. The number of nitrogens with zero attached hydrogens (tertiary/aromatic N) is 2. The summed E-state index contributed by atoms with van der Waals surface area (Å²) >= 11 is 0. The van der Waals surface area contributed by atoms with Crippen LogP contribution in [-0.4, -0.2) is 47.8 Å². The van der Waals surface area contributed by atoms with Crippen LogP contribution < -0.4 is 5.73 Å². The zero-order valence-electron chi connectivity index (χ0n) is 14.2. The molecule has 0 aromatic heterocycles. The number of amides is 2. The molecule has 0 spiro atoms. The summed E-state index contributed by atoms with van der Waals surface area (Å²) in [6.07, 6.45) is 4.84. The third-order valence-corrected chi connectivity index (χ3v) is 5.32. The predicted molar refractivity (Wildman–Crippen MR) is 93.1 cm³/mol. The first kappa shape index (κ1) is 17.0. The molecule has 2 aliphatic heterocycles. The van der Waals surface area contributed by atoms with Crippen LogP contribution in [0.15, 0.2) is 30.3 Å². The Kier molecular flexibility index (Phi) is 5.51. The lowest BCUT2D eigenvalue weighted by molar-refractivity contribution is -0.132. The van der Waals surface area contributed by atoms with E-state index in [1.54, 1.807) is 0 Å². The van der Waals surface area contributed by atoms with Crippen molar-refractivity contribution in [1.82, 2.24) is 9.80 Å². The van der Waals surface area contributed by atoms with Gasteiger partial charge in [0.15, 0.2) is 0 Å². The molecule has 2 aliphatic rings. The van der Waals surface area contributed by atoms with Gasteiger partial charge in [-0.1, -0.05) is 30.3 Å². The molecule has 2 N–H and O–H groups in total. The first-order valence-electron chi connectivity index (χ1n) is 9.01. The maximum Gasteiger partial charge on any atom is 0.239 e. The first-order chi connectivity index (χ1) is 11.6. The molecule has 0 aliphatic carbocycles. The molecule has 5 heteroatoms. The number of hydrogen-bond donors (Lipinski definition) is 1. The largest absolute Gasteiger partial charge is 0.368 e. The van der Waals surface area contributed by atoms with Crippen LogP contribution in [0.1, 0.15) is 43.7 Å². The van der Waals surface area contributed by atoms with Crippen LogP contribution in [0.2, 0.25) is 0 Å². The summed E-state index contributed by atoms with van der Waals surface area (Å²) in [7, 11) is 0. The third-order valence-electron chi connectivity index (χ3n) is 5.32. The van der Waals surface area contributed by atoms with Gasteiger partial charge in [0.1, 0.15) is 6.04 Å². The van der Waals surface area contributed by atoms with E-state index in [0.29, 0.717) is 18.2 Å². The van der Waals surface area contributed by atoms with Crippen molar-refractivity contribution >= 4 is 11.8 Å². The second-order valence-corrected chi connectivity index (χ2v) is 6.99. The average molecular weight is 329 g/mol. The van der Waals surface area contributed by atoms with Gasteiger partial charge in [-0.25, -0.2) is 0 Å². The molecule has 0 bridgehead atoms. The molecular formula is C19H27N3O2. The molecule has 130 valence electrons. The molecule has 0 saturated carbocycles. The molecule has 2 fully saturated rings. The fourth-order valence-corrected chi connectivity index (χ4v) is 3.95. The smallest absolute Gasteiger partial charge is 0.239 e. The van der Waals surface area contributed by atoms with Gasteiger partial charge in [-0.15, -0.1) is 0 Å². The molecule has 2 heterocycles. The quantitative estimate of drug-likeness (QED) is 0.898. The highest BCUT2D eigenvalue weighted by atomic mass is 16.2. The van der Waals surface area contributed by atoms with Crippen molar-refractivity contribution in [3.63, 3.8) is 0 Å². The molecule has 24 heavy (non-hydrogen) atoms. The molecule has 1 aromatic rings. The van der Waals surface area contributed by atoms with Crippen molar-refractivity contribution in [1.29, 1.82) is 0 Å². The highest BCUT2D eigenvalue weighted by Crippen LogP contribution is 2.29. The Bertz CT molecular complexity index is 561. The summed E-state index contributed by atoms with van der Waals surface area (Å²) in [5.41, 5.74) is 6.61. The minimum atomic E-state index is -0.360. The Hall–Kier alpha value is -1.88. The van der Waals surface area contributed by atoms with E-state index in [2.05, 4.69) is 4.90 Å². The Balaban J connectivity index is 1.55. The van der Waals surface area contributed by atoms with E-state index >= 15 is 0 Å². The number of carbonyl (C=O) groups is 2. The van der Waals surface area contributed by atoms with Crippen LogP contribution in [0.3, 0.4) is 0 Å². The number of benzene rings is 1. The minimum absolute atomic E-state index is 0.298. The summed E-state index contributed by atoms with van der Waals surface area (Å²) in [5.74, 6) is 0.437. The highest BCUT2D eigenvalue weighted by molar-refractivity contribution is 5.81. The Morgan fingerprint density at radius 2 is 1.67 bits per heavy atom. The zero-order chi connectivity index (χ0) is 16.9. The zero-order valence-corrected chi connectivity index (χ0v) is 14.2. The molecule has 2 saturated heterocycles. The van der Waals surface area contributed by atoms with Crippen LogP contribution in [0, 0.1) is 5.92 Å². The normalized spacial score (nSPS) is 20.9. The molecule has 0 radical (unpaired) electrons. The van der Waals surface area contributed by atoms with Gasteiger partial charge in [-0.3, -0.25) is 14.5 Å². The molecule has 3 rings (SSSR count). The van der Waals surface area contributed by atoms with E-state index in [-0.39, 0.29) is 11.9 Å². The second kappa shape index (κ2) is 7.79. The summed E-state index contributed by atoms with van der Waals surface area (Å²) < 4.78 is 0. The maximum atomic E-state index is 12.3. The van der Waals surface area contributed by atoms with E-state index in [1.807, 2.05) is 35.2 Å². The van der Waals surface area contributed by atoms with Crippen molar-refractivity contribution in [2.75, 3.05) is 26.2 Å². The van der Waals surface area contributed by atoms with E-state index in [0.717, 1.165) is 57.4 Å². The van der Waals surface area contributed by atoms with E-state index in [4.69, 9.17) is 5.73 Å². The van der Waals surface area contributed by atoms with Crippen molar-refractivity contribution in [2.45, 2.75) is 38.1 Å². The van der Waals surface area contributed by atoms with Crippen LogP contribution >= 0.6 is 0 Å². The van der Waals surface area contributed by atoms with Gasteiger partial charge >= 0.3 is 0 Å². The fourth-order valence-electron chi connectivity index (χ4n) is 3.95. The van der Waals surface area contributed by atoms with E-state index < -0.39 is 0 Å². The van der Waals surface area contributed by atoms with Gasteiger partial charge < -0.3 is 10.6 Å². The molecule has 5 nitrogen and oxygen atoms in total. The average Bonchev–Trinajstić information content (AvgIpc) is 3.12. The summed E-state index contributed by atoms with van der Waals surface area (Å²) in [6, 6.07) is 9.37. The monoisotopic (exact) mass is 329 g/mol. The van der Waals surface area contributed by atoms with Gasteiger partial charge in [-0.2, -0.15) is 0 Å². The topological polar surface area (TPSA) is 66.6 Å². The predicted octanol–water partition coefficient (Wildman–Crippen LogP) is 1.94. The lowest BCUT2D eigenvalue weighted by atomic mass is 9.91. The van der Waals surface area contributed by atoms with Crippen LogP contribution in [-0.2, 0) is 9.59 Å². The van der Waals surface area contributed by atoms with Crippen LogP contribution in [0.25, 0.3) is 0 Å². The first-order valence-corrected chi connectivity index (χ1v) is 9.01. The number of primary amides is 1. The fraction of sp³-hybridized carbons (Fsp3) is 0.579. The van der Waals surface area contributed by atoms with Crippen molar-refractivity contribution < 1.29 is 9.59 Å². The number of hydrogen-bond acceptors (Lipinski definition) is 3. The molecule has 1 atom stereocenters. The van der Waals surface area contributed by atoms with Gasteiger partial charge in [0.05, 0.1) is 0 Å². The van der Waals surface area contributed by atoms with Crippen LogP contribution in [0.5, 0.6) is 0 Å². The Morgan fingerprint density at radius 1 is 1.04 bits per heavy atom. The van der Waals surface area contributed by atoms with Crippen molar-refractivity contribution in [3.05, 3.63) is 35.9 Å². The van der Waals surface area contributed by atoms with Crippen molar-refractivity contribution in [3.8, 4) is 0 Å². The molecule has 2 amide bonds. The summed E-state index contributed by atoms with van der Waals surface area (Å²) in [5, 5.41) is 0.